The Morgan fingerprint density at radius 3 is 2.47 bits per heavy atom. The number of ketones is 1. The lowest BCUT2D eigenvalue weighted by Crippen LogP contribution is -2.29. The first-order valence-corrected chi connectivity index (χ1v) is 11.5. The van der Waals surface area contributed by atoms with Gasteiger partial charge in [0.15, 0.2) is 0 Å². The van der Waals surface area contributed by atoms with Crippen LogP contribution in [0, 0.1) is 0 Å². The van der Waals surface area contributed by atoms with Crippen molar-refractivity contribution in [3.8, 4) is 5.75 Å². The van der Waals surface area contributed by atoms with Crippen LogP contribution in [0.25, 0.3) is 5.76 Å². The minimum Gasteiger partial charge on any atom is -0.507 e. The summed E-state index contributed by atoms with van der Waals surface area (Å²) in [5, 5.41) is 11.3. The topological polar surface area (TPSA) is 79.7 Å². The quantitative estimate of drug-likeness (QED) is 0.284. The third kappa shape index (κ3) is 4.44. The van der Waals surface area contributed by atoms with Crippen LogP contribution in [0.2, 0.25) is 0 Å². The highest BCUT2D eigenvalue weighted by atomic mass is 16.5. The molecule has 1 aromatic heterocycles. The number of aliphatic hydroxyl groups is 1. The van der Waals surface area contributed by atoms with Crippen molar-refractivity contribution < 1.29 is 19.4 Å². The molecule has 0 aliphatic carbocycles. The Kier molecular flexibility index (Phi) is 6.77. The van der Waals surface area contributed by atoms with Crippen molar-refractivity contribution in [2.24, 2.45) is 0 Å². The zero-order chi connectivity index (χ0) is 24.2. The van der Waals surface area contributed by atoms with E-state index in [2.05, 4.69) is 18.8 Å². The maximum Gasteiger partial charge on any atom is 0.300 e. The molecule has 2 heterocycles. The summed E-state index contributed by atoms with van der Waals surface area (Å²) < 4.78 is 5.68. The molecule has 1 unspecified atom stereocenters. The van der Waals surface area contributed by atoms with Gasteiger partial charge in [0.05, 0.1) is 17.9 Å². The number of carbonyl (C=O) groups excluding carboxylic acids is 2. The van der Waals surface area contributed by atoms with Crippen LogP contribution in [-0.4, -0.2) is 28.4 Å². The first kappa shape index (κ1) is 23.2. The van der Waals surface area contributed by atoms with Crippen molar-refractivity contribution in [3.05, 3.63) is 95.3 Å². The van der Waals surface area contributed by atoms with Crippen LogP contribution < -0.4 is 9.64 Å². The van der Waals surface area contributed by atoms with Gasteiger partial charge in [-0.2, -0.15) is 0 Å². The second-order valence-corrected chi connectivity index (χ2v) is 8.55. The molecule has 1 fully saturated rings. The number of aliphatic hydroxyl groups excluding tert-OH is 1. The number of aromatic nitrogens is 1. The molecule has 174 valence electrons. The van der Waals surface area contributed by atoms with Crippen LogP contribution in [0.15, 0.2) is 78.5 Å². The largest absolute Gasteiger partial charge is 0.507 e. The van der Waals surface area contributed by atoms with Crippen LogP contribution in [0.4, 0.5) is 5.69 Å². The number of hydrogen-bond donors (Lipinski definition) is 1. The number of benzene rings is 2. The molecule has 1 aliphatic rings. The van der Waals surface area contributed by atoms with Gasteiger partial charge in [-0.25, -0.2) is 0 Å². The van der Waals surface area contributed by atoms with Gasteiger partial charge in [-0.3, -0.25) is 19.5 Å². The maximum atomic E-state index is 13.3. The Labute approximate surface area is 199 Å². The fraction of sp³-hybridized carbons (Fsp3) is 0.250. The van der Waals surface area contributed by atoms with E-state index >= 15 is 0 Å². The van der Waals surface area contributed by atoms with E-state index in [1.54, 1.807) is 48.7 Å². The van der Waals surface area contributed by atoms with E-state index in [-0.39, 0.29) is 11.3 Å². The molecule has 1 atom stereocenters. The van der Waals surface area contributed by atoms with Crippen molar-refractivity contribution in [1.82, 2.24) is 4.98 Å². The number of amides is 1. The van der Waals surface area contributed by atoms with E-state index in [9.17, 15) is 14.7 Å². The van der Waals surface area contributed by atoms with Gasteiger partial charge < -0.3 is 9.84 Å². The summed E-state index contributed by atoms with van der Waals surface area (Å²) in [4.78, 5) is 32.3. The third-order valence-corrected chi connectivity index (χ3v) is 5.83. The van der Waals surface area contributed by atoms with Gasteiger partial charge in [-0.05, 0) is 54.3 Å². The van der Waals surface area contributed by atoms with Crippen LogP contribution in [0.5, 0.6) is 5.75 Å². The molecule has 0 bridgehead atoms. The highest BCUT2D eigenvalue weighted by Crippen LogP contribution is 2.41. The first-order valence-electron chi connectivity index (χ1n) is 11.5. The summed E-state index contributed by atoms with van der Waals surface area (Å²) in [5.41, 5.74) is 2.60. The predicted molar refractivity (Wildman–Crippen MR) is 132 cm³/mol. The minimum absolute atomic E-state index is 0.00396. The molecular formula is C28H28N2O4. The second kappa shape index (κ2) is 9.91. The van der Waals surface area contributed by atoms with E-state index in [0.717, 1.165) is 12.0 Å². The van der Waals surface area contributed by atoms with Crippen LogP contribution in [0.3, 0.4) is 0 Å². The van der Waals surface area contributed by atoms with E-state index in [1.807, 2.05) is 31.2 Å². The number of anilines is 1. The molecule has 6 nitrogen and oxygen atoms in total. The van der Waals surface area contributed by atoms with E-state index in [4.69, 9.17) is 4.74 Å². The van der Waals surface area contributed by atoms with Crippen LogP contribution >= 0.6 is 0 Å². The molecule has 34 heavy (non-hydrogen) atoms. The number of carbonyl (C=O) groups is 2. The van der Waals surface area contributed by atoms with Gasteiger partial charge >= 0.3 is 0 Å². The lowest BCUT2D eigenvalue weighted by Gasteiger charge is -2.25. The van der Waals surface area contributed by atoms with Gasteiger partial charge in [-0.1, -0.05) is 51.1 Å². The number of hydrogen-bond acceptors (Lipinski definition) is 5. The monoisotopic (exact) mass is 456 g/mol. The van der Waals surface area contributed by atoms with Crippen molar-refractivity contribution in [3.63, 3.8) is 0 Å². The summed E-state index contributed by atoms with van der Waals surface area (Å²) in [5.74, 6) is -0.789. The zero-order valence-corrected chi connectivity index (χ0v) is 19.6. The molecule has 0 radical (unpaired) electrons. The Bertz CT molecular complexity index is 1220. The van der Waals surface area contributed by atoms with Crippen molar-refractivity contribution in [2.45, 2.75) is 39.2 Å². The molecule has 2 aromatic carbocycles. The predicted octanol–water partition coefficient (Wildman–Crippen LogP) is 5.62. The minimum atomic E-state index is -0.855. The van der Waals surface area contributed by atoms with E-state index < -0.39 is 17.7 Å². The summed E-state index contributed by atoms with van der Waals surface area (Å²) in [6.07, 6.45) is 2.45. The maximum absolute atomic E-state index is 13.3. The Balaban J connectivity index is 1.85. The third-order valence-electron chi connectivity index (χ3n) is 5.83. The SMILES string of the molecule is CCCOc1cccc(/C(O)=C2/C(=O)C(=O)N(c3ccc(C(C)C)cc3)C2c2ccccn2)c1. The molecular weight excluding hydrogens is 428 g/mol. The highest BCUT2D eigenvalue weighted by molar-refractivity contribution is 6.51. The van der Waals surface area contributed by atoms with Crippen molar-refractivity contribution in [1.29, 1.82) is 0 Å². The van der Waals surface area contributed by atoms with Gasteiger partial charge in [0, 0.05) is 17.4 Å². The smallest absolute Gasteiger partial charge is 0.300 e. The Hall–Kier alpha value is -3.93. The molecule has 4 rings (SSSR count). The summed E-state index contributed by atoms with van der Waals surface area (Å²) in [6, 6.07) is 18.9. The number of ether oxygens (including phenoxy) is 1. The average Bonchev–Trinajstić information content (AvgIpc) is 3.13. The van der Waals surface area contributed by atoms with Crippen LogP contribution in [-0.2, 0) is 9.59 Å². The molecule has 3 aromatic rings. The van der Waals surface area contributed by atoms with E-state index in [0.29, 0.717) is 35.2 Å². The van der Waals surface area contributed by atoms with Gasteiger partial charge in [0.2, 0.25) is 0 Å². The molecule has 0 spiro atoms. The zero-order valence-electron chi connectivity index (χ0n) is 19.6. The standard InChI is InChI=1S/C28H28N2O4/c1-4-16-34-22-9-7-8-20(17-22)26(31)24-25(23-10-5-6-15-29-23)30(28(33)27(24)32)21-13-11-19(12-14-21)18(2)3/h5-15,17-18,25,31H,4,16H2,1-3H3/b26-24-. The van der Waals surface area contributed by atoms with E-state index in [1.165, 1.54) is 4.90 Å². The average molecular weight is 457 g/mol. The highest BCUT2D eigenvalue weighted by Gasteiger charge is 2.47. The number of rotatable bonds is 7. The Morgan fingerprint density at radius 2 is 1.82 bits per heavy atom. The number of pyridine rings is 1. The van der Waals surface area contributed by atoms with Crippen molar-refractivity contribution >= 4 is 23.1 Å². The second-order valence-electron chi connectivity index (χ2n) is 8.55. The van der Waals surface area contributed by atoms with Gasteiger partial charge in [0.1, 0.15) is 17.6 Å². The van der Waals surface area contributed by atoms with Gasteiger partial charge in [-0.15, -0.1) is 0 Å². The molecule has 6 heteroatoms. The molecule has 1 N–H and O–H groups in total. The molecule has 1 saturated heterocycles. The summed E-state index contributed by atoms with van der Waals surface area (Å²) in [7, 11) is 0. The van der Waals surface area contributed by atoms with Crippen LogP contribution in [0.1, 0.15) is 56.0 Å². The molecule has 0 saturated carbocycles. The van der Waals surface area contributed by atoms with Gasteiger partial charge in [0.25, 0.3) is 11.7 Å². The fourth-order valence-corrected chi connectivity index (χ4v) is 4.04. The molecule has 1 amide bonds. The lowest BCUT2D eigenvalue weighted by atomic mass is 9.97. The normalized spacial score (nSPS) is 17.4. The fourth-order valence-electron chi connectivity index (χ4n) is 4.04. The first-order chi connectivity index (χ1) is 16.4. The van der Waals surface area contributed by atoms with Crippen molar-refractivity contribution in [2.75, 3.05) is 11.5 Å². The lowest BCUT2D eigenvalue weighted by molar-refractivity contribution is -0.132. The summed E-state index contributed by atoms with van der Waals surface area (Å²) in [6.45, 7) is 6.72. The number of nitrogens with zero attached hydrogens (tertiary/aromatic N) is 2. The molecule has 1 aliphatic heterocycles. The number of Topliss-reactive ketones (excluding diaryl/α,β-unsaturated/α-hetero) is 1. The Morgan fingerprint density at radius 1 is 1.06 bits per heavy atom. The summed E-state index contributed by atoms with van der Waals surface area (Å²) >= 11 is 0.